The second-order valence-corrected chi connectivity index (χ2v) is 4.37. The van der Waals surface area contributed by atoms with Crippen molar-refractivity contribution in [2.24, 2.45) is 13.0 Å². The third-order valence-corrected chi connectivity index (χ3v) is 3.04. The molecule has 0 aromatic carbocycles. The molecule has 6 nitrogen and oxygen atoms in total. The minimum atomic E-state index is -0.0849. The Labute approximate surface area is 100 Å². The van der Waals surface area contributed by atoms with Crippen LogP contribution in [0.3, 0.4) is 0 Å². The quantitative estimate of drug-likeness (QED) is 0.793. The molecule has 1 atom stereocenters. The molecular formula is C11H18N4O2. The van der Waals surface area contributed by atoms with Gasteiger partial charge >= 0.3 is 0 Å². The van der Waals surface area contributed by atoms with E-state index in [9.17, 15) is 4.79 Å². The number of nitrogens with one attached hydrogen (secondary N) is 1. The van der Waals surface area contributed by atoms with Crippen LogP contribution in [0, 0.1) is 12.8 Å². The number of nitrogens with zero attached hydrogens (tertiary/aromatic N) is 2. The van der Waals surface area contributed by atoms with Crippen molar-refractivity contribution in [3.05, 3.63) is 5.69 Å². The van der Waals surface area contributed by atoms with Crippen LogP contribution in [0.25, 0.3) is 0 Å². The molecule has 2 rings (SSSR count). The monoisotopic (exact) mass is 238 g/mol. The van der Waals surface area contributed by atoms with Gasteiger partial charge in [-0.2, -0.15) is 5.10 Å². The predicted molar refractivity (Wildman–Crippen MR) is 64.5 cm³/mol. The Morgan fingerprint density at radius 1 is 1.65 bits per heavy atom. The van der Waals surface area contributed by atoms with Gasteiger partial charge in [0.1, 0.15) is 0 Å². The molecule has 2 heterocycles. The number of hydrogen-bond acceptors (Lipinski definition) is 4. The van der Waals surface area contributed by atoms with E-state index in [4.69, 9.17) is 10.5 Å². The number of rotatable bonds is 2. The van der Waals surface area contributed by atoms with Crippen LogP contribution in [0.2, 0.25) is 0 Å². The molecule has 0 aliphatic carbocycles. The third kappa shape index (κ3) is 2.41. The molecule has 1 aromatic heterocycles. The highest BCUT2D eigenvalue weighted by Crippen LogP contribution is 2.23. The molecule has 1 unspecified atom stereocenters. The second-order valence-electron chi connectivity index (χ2n) is 4.37. The third-order valence-electron chi connectivity index (χ3n) is 3.04. The van der Waals surface area contributed by atoms with E-state index in [1.165, 1.54) is 0 Å². The van der Waals surface area contributed by atoms with Gasteiger partial charge in [-0.05, 0) is 19.8 Å². The summed E-state index contributed by atoms with van der Waals surface area (Å²) >= 11 is 0. The summed E-state index contributed by atoms with van der Waals surface area (Å²) in [5, 5.41) is 6.98. The summed E-state index contributed by atoms with van der Waals surface area (Å²) in [4.78, 5) is 12.0. The molecule has 1 fully saturated rings. The summed E-state index contributed by atoms with van der Waals surface area (Å²) in [7, 11) is 1.76. The molecule has 0 spiro atoms. The van der Waals surface area contributed by atoms with Gasteiger partial charge in [0.05, 0.1) is 23.9 Å². The maximum atomic E-state index is 12.0. The number of carbonyl (C=O) groups is 1. The molecule has 0 bridgehead atoms. The Morgan fingerprint density at radius 3 is 2.94 bits per heavy atom. The number of nitrogens with two attached hydrogens (primary N) is 1. The number of aryl methyl sites for hydroxylation is 2. The van der Waals surface area contributed by atoms with Gasteiger partial charge in [-0.25, -0.2) is 0 Å². The van der Waals surface area contributed by atoms with Gasteiger partial charge in [-0.15, -0.1) is 0 Å². The van der Waals surface area contributed by atoms with Crippen molar-refractivity contribution in [1.29, 1.82) is 0 Å². The van der Waals surface area contributed by atoms with Gasteiger partial charge in [-0.3, -0.25) is 9.48 Å². The van der Waals surface area contributed by atoms with Gasteiger partial charge in [-0.1, -0.05) is 0 Å². The summed E-state index contributed by atoms with van der Waals surface area (Å²) in [6.45, 7) is 3.05. The highest BCUT2D eigenvalue weighted by Gasteiger charge is 2.23. The van der Waals surface area contributed by atoms with Gasteiger partial charge in [0.15, 0.2) is 5.82 Å². The highest BCUT2D eigenvalue weighted by molar-refractivity contribution is 5.94. The van der Waals surface area contributed by atoms with Crippen LogP contribution in [0.1, 0.15) is 18.5 Å². The predicted octanol–water partition coefficient (Wildman–Crippen LogP) is 0.676. The number of hydrogen-bond donors (Lipinski definition) is 2. The summed E-state index contributed by atoms with van der Waals surface area (Å²) in [6.07, 6.45) is 1.79. The molecule has 1 aromatic rings. The molecular weight excluding hydrogens is 220 g/mol. The fourth-order valence-corrected chi connectivity index (χ4v) is 1.99. The highest BCUT2D eigenvalue weighted by atomic mass is 16.5. The second kappa shape index (κ2) is 4.75. The average Bonchev–Trinajstić information content (AvgIpc) is 2.57. The van der Waals surface area contributed by atoms with E-state index in [0.717, 1.165) is 25.1 Å². The van der Waals surface area contributed by atoms with Gasteiger partial charge in [0, 0.05) is 13.7 Å². The Balaban J connectivity index is 2.07. The van der Waals surface area contributed by atoms with E-state index >= 15 is 0 Å². The Kier molecular flexibility index (Phi) is 3.33. The summed E-state index contributed by atoms with van der Waals surface area (Å²) < 4.78 is 6.88. The molecule has 1 aliphatic rings. The van der Waals surface area contributed by atoms with Gasteiger partial charge in [0.2, 0.25) is 5.91 Å². The molecule has 94 valence electrons. The Bertz CT molecular complexity index is 421. The molecule has 1 amide bonds. The lowest BCUT2D eigenvalue weighted by molar-refractivity contribution is -0.123. The van der Waals surface area contributed by atoms with E-state index in [0.29, 0.717) is 18.1 Å². The zero-order valence-corrected chi connectivity index (χ0v) is 10.2. The van der Waals surface area contributed by atoms with Crippen LogP contribution < -0.4 is 11.1 Å². The standard InChI is InChI=1S/C11H18N4O2/c1-7-9(12)10(15(2)14-7)13-11(16)8-4-3-5-17-6-8/h8H,3-6,12H2,1-2H3,(H,13,16). The smallest absolute Gasteiger partial charge is 0.231 e. The lowest BCUT2D eigenvalue weighted by atomic mass is 10.0. The van der Waals surface area contributed by atoms with Gasteiger partial charge < -0.3 is 15.8 Å². The zero-order valence-electron chi connectivity index (χ0n) is 10.2. The normalized spacial score (nSPS) is 20.2. The minimum Gasteiger partial charge on any atom is -0.394 e. The van der Waals surface area contributed by atoms with Crippen LogP contribution in [-0.2, 0) is 16.6 Å². The average molecular weight is 238 g/mol. The molecule has 1 saturated heterocycles. The summed E-state index contributed by atoms with van der Waals surface area (Å²) in [5.74, 6) is 0.441. The van der Waals surface area contributed by atoms with E-state index < -0.39 is 0 Å². The maximum Gasteiger partial charge on any atom is 0.231 e. The molecule has 17 heavy (non-hydrogen) atoms. The van der Waals surface area contributed by atoms with Crippen molar-refractivity contribution in [1.82, 2.24) is 9.78 Å². The summed E-state index contributed by atoms with van der Waals surface area (Å²) in [5.41, 5.74) is 7.10. The van der Waals surface area contributed by atoms with E-state index in [1.807, 2.05) is 6.92 Å². The SMILES string of the molecule is Cc1nn(C)c(NC(=O)C2CCCOC2)c1N. The van der Waals surface area contributed by atoms with Crippen molar-refractivity contribution >= 4 is 17.4 Å². The molecule has 1 aliphatic heterocycles. The van der Waals surface area contributed by atoms with Crippen molar-refractivity contribution in [3.63, 3.8) is 0 Å². The van der Waals surface area contributed by atoms with Crippen LogP contribution in [0.4, 0.5) is 11.5 Å². The van der Waals surface area contributed by atoms with Crippen molar-refractivity contribution in [2.45, 2.75) is 19.8 Å². The number of anilines is 2. The van der Waals surface area contributed by atoms with Crippen LogP contribution in [-0.4, -0.2) is 28.9 Å². The first-order valence-electron chi connectivity index (χ1n) is 5.77. The Morgan fingerprint density at radius 2 is 2.41 bits per heavy atom. The Hall–Kier alpha value is -1.56. The fraction of sp³-hybridized carbons (Fsp3) is 0.636. The van der Waals surface area contributed by atoms with E-state index in [2.05, 4.69) is 10.4 Å². The first-order chi connectivity index (χ1) is 8.09. The zero-order chi connectivity index (χ0) is 12.4. The van der Waals surface area contributed by atoms with Crippen molar-refractivity contribution in [3.8, 4) is 0 Å². The molecule has 3 N–H and O–H groups in total. The van der Waals surface area contributed by atoms with Crippen LogP contribution in [0.5, 0.6) is 0 Å². The van der Waals surface area contributed by atoms with Crippen molar-refractivity contribution < 1.29 is 9.53 Å². The number of ether oxygens (including phenoxy) is 1. The van der Waals surface area contributed by atoms with E-state index in [-0.39, 0.29) is 11.8 Å². The van der Waals surface area contributed by atoms with Crippen LogP contribution in [0.15, 0.2) is 0 Å². The van der Waals surface area contributed by atoms with E-state index in [1.54, 1.807) is 11.7 Å². The lowest BCUT2D eigenvalue weighted by Crippen LogP contribution is -2.31. The van der Waals surface area contributed by atoms with Gasteiger partial charge in [0.25, 0.3) is 0 Å². The minimum absolute atomic E-state index is 0.0422. The largest absolute Gasteiger partial charge is 0.394 e. The first kappa shape index (κ1) is 11.9. The molecule has 0 saturated carbocycles. The number of carbonyl (C=O) groups excluding carboxylic acids is 1. The van der Waals surface area contributed by atoms with Crippen molar-refractivity contribution in [2.75, 3.05) is 24.3 Å². The summed E-state index contributed by atoms with van der Waals surface area (Å²) in [6, 6.07) is 0. The topological polar surface area (TPSA) is 82.2 Å². The molecule has 6 heteroatoms. The number of amides is 1. The number of aromatic nitrogens is 2. The number of nitrogen functional groups attached to an aromatic ring is 1. The molecule has 0 radical (unpaired) electrons. The first-order valence-corrected chi connectivity index (χ1v) is 5.77. The lowest BCUT2D eigenvalue weighted by Gasteiger charge is -2.21. The maximum absolute atomic E-state index is 12.0. The fourth-order valence-electron chi connectivity index (χ4n) is 1.99. The van der Waals surface area contributed by atoms with Crippen LogP contribution >= 0.6 is 0 Å².